The maximum absolute atomic E-state index is 13.7. The molecule has 11 heteroatoms. The molecule has 1 aliphatic heterocycles. The molecule has 0 aliphatic carbocycles. The Labute approximate surface area is 245 Å². The Morgan fingerprint density at radius 3 is 2.44 bits per heavy atom. The second-order valence-corrected chi connectivity index (χ2v) is 11.4. The Balaban J connectivity index is 1.75. The highest BCUT2D eigenvalue weighted by Crippen LogP contribution is 2.21. The van der Waals surface area contributed by atoms with Crippen molar-refractivity contribution in [3.8, 4) is 0 Å². The summed E-state index contributed by atoms with van der Waals surface area (Å²) in [7, 11) is -0.605. The number of amides is 2. The number of aliphatic hydroxyl groups excluding tert-OH is 1. The quantitative estimate of drug-likeness (QED) is 0.312. The van der Waals surface area contributed by atoms with Gasteiger partial charge in [0.25, 0.3) is 5.91 Å². The van der Waals surface area contributed by atoms with Crippen LogP contribution >= 0.6 is 27.5 Å². The van der Waals surface area contributed by atoms with Gasteiger partial charge in [0.15, 0.2) is 0 Å². The van der Waals surface area contributed by atoms with Crippen LogP contribution in [0, 0.1) is 5.92 Å². The third kappa shape index (κ3) is 10.5. The van der Waals surface area contributed by atoms with Crippen LogP contribution < -0.4 is 10.6 Å². The van der Waals surface area contributed by atoms with Gasteiger partial charge in [-0.15, -0.1) is 0 Å². The number of benzene rings is 2. The molecular formula is C28H38BBrClN3O5. The lowest BCUT2D eigenvalue weighted by atomic mass is 9.73. The van der Waals surface area contributed by atoms with Gasteiger partial charge >= 0.3 is 7.12 Å². The van der Waals surface area contributed by atoms with Crippen molar-refractivity contribution in [2.75, 3.05) is 39.5 Å². The fourth-order valence-corrected chi connectivity index (χ4v) is 5.10. The highest BCUT2D eigenvalue weighted by atomic mass is 79.9. The molecule has 1 aliphatic rings. The Kier molecular flexibility index (Phi) is 13.2. The normalized spacial score (nSPS) is 16.3. The zero-order chi connectivity index (χ0) is 28.2. The SMILES string of the molecule is CC(C)C[C@H](NC(=O)[C@H](Cc1ccccc1)NC(=O)c1cc(Cl)ccc1Br)B1OCCN(CCCO)CCO1. The summed E-state index contributed by atoms with van der Waals surface area (Å²) in [6.45, 7) is 7.45. The Bertz CT molecular complexity index is 1050. The Morgan fingerprint density at radius 1 is 1.10 bits per heavy atom. The zero-order valence-corrected chi connectivity index (χ0v) is 24.9. The first-order valence-corrected chi connectivity index (χ1v) is 14.6. The van der Waals surface area contributed by atoms with E-state index in [2.05, 4.69) is 45.3 Å². The predicted octanol–water partition coefficient (Wildman–Crippen LogP) is 3.73. The number of aliphatic hydroxyl groups is 1. The molecule has 0 saturated carbocycles. The van der Waals surface area contributed by atoms with Crippen molar-refractivity contribution in [1.29, 1.82) is 0 Å². The van der Waals surface area contributed by atoms with E-state index in [0.29, 0.717) is 47.5 Å². The number of hydrogen-bond acceptors (Lipinski definition) is 6. The van der Waals surface area contributed by atoms with E-state index in [-0.39, 0.29) is 18.4 Å². The highest BCUT2D eigenvalue weighted by molar-refractivity contribution is 9.10. The van der Waals surface area contributed by atoms with Crippen molar-refractivity contribution in [1.82, 2.24) is 15.5 Å². The number of carbonyl (C=O) groups excluding carboxylic acids is 2. The van der Waals surface area contributed by atoms with Crippen LogP contribution in [0.25, 0.3) is 0 Å². The van der Waals surface area contributed by atoms with E-state index in [4.69, 9.17) is 26.0 Å². The number of hydrogen-bond donors (Lipinski definition) is 3. The molecular weight excluding hydrogens is 584 g/mol. The Hall–Kier alpha value is -1.95. The molecule has 8 nitrogen and oxygen atoms in total. The maximum atomic E-state index is 13.7. The second kappa shape index (κ2) is 16.4. The van der Waals surface area contributed by atoms with Crippen LogP contribution in [0.5, 0.6) is 0 Å². The van der Waals surface area contributed by atoms with Crippen LogP contribution in [0.2, 0.25) is 5.02 Å². The standard InChI is InChI=1S/C28H38BBrClN3O5/c1-20(2)17-26(29-38-15-12-34(11-6-14-35)13-16-39-29)33-28(37)25(18-21-7-4-3-5-8-21)32-27(36)23-19-22(31)9-10-24(23)30/h3-5,7-10,19-20,25-26,35H,6,11-18H2,1-2H3,(H,32,36)(H,33,37)/t25-,26-/m0/s1. The molecule has 2 aromatic carbocycles. The molecule has 39 heavy (non-hydrogen) atoms. The maximum Gasteiger partial charge on any atom is 0.480 e. The summed E-state index contributed by atoms with van der Waals surface area (Å²) in [5, 5.41) is 15.6. The molecule has 2 amide bonds. The van der Waals surface area contributed by atoms with Crippen molar-refractivity contribution >= 4 is 46.5 Å². The minimum absolute atomic E-state index is 0.151. The summed E-state index contributed by atoms with van der Waals surface area (Å²) in [6, 6.07) is 13.7. The van der Waals surface area contributed by atoms with Crippen molar-refractivity contribution in [2.45, 2.75) is 45.1 Å². The van der Waals surface area contributed by atoms with Gasteiger partial charge < -0.3 is 25.0 Å². The molecule has 3 rings (SSSR count). The topological polar surface area (TPSA) is 100 Å². The molecule has 0 unspecified atom stereocenters. The minimum atomic E-state index is -0.831. The van der Waals surface area contributed by atoms with Crippen molar-refractivity contribution in [2.24, 2.45) is 5.92 Å². The van der Waals surface area contributed by atoms with Gasteiger partial charge in [-0.1, -0.05) is 55.8 Å². The first-order valence-electron chi connectivity index (χ1n) is 13.4. The molecule has 3 N–H and O–H groups in total. The van der Waals surface area contributed by atoms with Crippen LogP contribution in [0.1, 0.15) is 42.6 Å². The average Bonchev–Trinajstić information content (AvgIpc) is 2.89. The van der Waals surface area contributed by atoms with E-state index in [1.807, 2.05) is 30.3 Å². The lowest BCUT2D eigenvalue weighted by Gasteiger charge is -2.32. The van der Waals surface area contributed by atoms with Gasteiger partial charge in [-0.3, -0.25) is 14.5 Å². The number of nitrogens with zero attached hydrogens (tertiary/aromatic N) is 1. The molecule has 212 valence electrons. The molecule has 2 atom stereocenters. The minimum Gasteiger partial charge on any atom is -0.408 e. The van der Waals surface area contributed by atoms with Gasteiger partial charge in [-0.2, -0.15) is 0 Å². The molecule has 1 fully saturated rings. The molecule has 0 aromatic heterocycles. The summed E-state index contributed by atoms with van der Waals surface area (Å²) < 4.78 is 12.8. The van der Waals surface area contributed by atoms with Gasteiger partial charge in [0.05, 0.1) is 11.5 Å². The predicted molar refractivity (Wildman–Crippen MR) is 158 cm³/mol. The summed E-state index contributed by atoms with van der Waals surface area (Å²) >= 11 is 9.54. The van der Waals surface area contributed by atoms with Crippen LogP contribution in [-0.2, 0) is 20.5 Å². The summed E-state index contributed by atoms with van der Waals surface area (Å²) in [5.41, 5.74) is 1.27. The average molecular weight is 623 g/mol. The molecule has 0 bridgehead atoms. The molecule has 2 aromatic rings. The van der Waals surface area contributed by atoms with Crippen molar-refractivity contribution in [3.05, 3.63) is 69.2 Å². The van der Waals surface area contributed by atoms with Gasteiger partial charge in [-0.05, 0) is 58.5 Å². The fraction of sp³-hybridized carbons (Fsp3) is 0.500. The number of carbonyl (C=O) groups is 2. The third-order valence-electron chi connectivity index (χ3n) is 6.47. The number of nitrogens with one attached hydrogen (secondary N) is 2. The van der Waals surface area contributed by atoms with E-state index in [1.54, 1.807) is 18.2 Å². The molecule has 1 saturated heterocycles. The molecule has 0 spiro atoms. The van der Waals surface area contributed by atoms with E-state index in [1.165, 1.54) is 0 Å². The number of halogens is 2. The van der Waals surface area contributed by atoms with Gasteiger partial charge in [-0.25, -0.2) is 0 Å². The molecule has 0 radical (unpaired) electrons. The van der Waals surface area contributed by atoms with Crippen LogP contribution in [0.3, 0.4) is 0 Å². The molecule has 1 heterocycles. The van der Waals surface area contributed by atoms with Gasteiger partial charge in [0.1, 0.15) is 6.04 Å². The first kappa shape index (κ1) is 31.6. The van der Waals surface area contributed by atoms with Crippen LogP contribution in [0.15, 0.2) is 53.0 Å². The van der Waals surface area contributed by atoms with E-state index >= 15 is 0 Å². The van der Waals surface area contributed by atoms with E-state index in [0.717, 1.165) is 25.2 Å². The lowest BCUT2D eigenvalue weighted by Crippen LogP contribution is -2.57. The lowest BCUT2D eigenvalue weighted by molar-refractivity contribution is -0.123. The summed E-state index contributed by atoms with van der Waals surface area (Å²) in [4.78, 5) is 29.1. The van der Waals surface area contributed by atoms with Crippen LogP contribution in [-0.4, -0.2) is 80.4 Å². The van der Waals surface area contributed by atoms with Crippen LogP contribution in [0.4, 0.5) is 0 Å². The van der Waals surface area contributed by atoms with E-state index < -0.39 is 25.0 Å². The first-order chi connectivity index (χ1) is 18.8. The summed E-state index contributed by atoms with van der Waals surface area (Å²) in [5.74, 6) is -0.828. The zero-order valence-electron chi connectivity index (χ0n) is 22.6. The van der Waals surface area contributed by atoms with E-state index in [9.17, 15) is 9.59 Å². The largest absolute Gasteiger partial charge is 0.480 e. The number of rotatable bonds is 12. The van der Waals surface area contributed by atoms with Gasteiger partial charge in [0.2, 0.25) is 5.91 Å². The van der Waals surface area contributed by atoms with Crippen molar-refractivity contribution < 1.29 is 24.0 Å². The van der Waals surface area contributed by atoms with Crippen molar-refractivity contribution in [3.63, 3.8) is 0 Å². The highest BCUT2D eigenvalue weighted by Gasteiger charge is 2.35. The Morgan fingerprint density at radius 2 is 1.79 bits per heavy atom. The second-order valence-electron chi connectivity index (χ2n) is 10.1. The van der Waals surface area contributed by atoms with Gasteiger partial charge in [0, 0.05) is 55.4 Å². The monoisotopic (exact) mass is 621 g/mol. The third-order valence-corrected chi connectivity index (χ3v) is 7.40. The smallest absolute Gasteiger partial charge is 0.408 e. The summed E-state index contributed by atoms with van der Waals surface area (Å²) in [6.07, 6.45) is 1.67. The fourth-order valence-electron chi connectivity index (χ4n) is 4.50.